The van der Waals surface area contributed by atoms with Gasteiger partial charge in [0.2, 0.25) is 5.91 Å². The van der Waals surface area contributed by atoms with E-state index in [2.05, 4.69) is 10.6 Å². The molecule has 33 heavy (non-hydrogen) atoms. The van der Waals surface area contributed by atoms with Gasteiger partial charge in [0.1, 0.15) is 18.9 Å². The Morgan fingerprint density at radius 2 is 1.67 bits per heavy atom. The third-order valence-electron chi connectivity index (χ3n) is 4.64. The van der Waals surface area contributed by atoms with Crippen LogP contribution in [0.2, 0.25) is 0 Å². The molecule has 2 amide bonds. The van der Waals surface area contributed by atoms with E-state index in [0.29, 0.717) is 27.9 Å². The molecular weight excluding hydrogens is 428 g/mol. The minimum atomic E-state index is -1.38. The maximum Gasteiger partial charge on any atom is 0.412 e. The van der Waals surface area contributed by atoms with Crippen molar-refractivity contribution in [1.82, 2.24) is 5.32 Å². The minimum Gasteiger partial charge on any atom is -0.477 e. The summed E-state index contributed by atoms with van der Waals surface area (Å²) < 4.78 is 10.2. The van der Waals surface area contributed by atoms with E-state index in [1.165, 1.54) is 19.9 Å². The third kappa shape index (κ3) is 7.49. The monoisotopic (exact) mass is 454 g/mol. The van der Waals surface area contributed by atoms with Gasteiger partial charge in [-0.15, -0.1) is 0 Å². The quantitative estimate of drug-likeness (QED) is 0.410. The van der Waals surface area contributed by atoms with Crippen LogP contribution in [-0.4, -0.2) is 29.0 Å². The Balaban J connectivity index is 2.37. The van der Waals surface area contributed by atoms with Crippen molar-refractivity contribution in [1.29, 1.82) is 0 Å². The molecule has 2 aromatic rings. The molecule has 0 aliphatic rings. The molecular formula is C24H26N2O7. The van der Waals surface area contributed by atoms with E-state index in [0.717, 1.165) is 5.56 Å². The van der Waals surface area contributed by atoms with Crippen LogP contribution in [0.1, 0.15) is 41.7 Å². The lowest BCUT2D eigenvalue weighted by molar-refractivity contribution is -0.142. The smallest absolute Gasteiger partial charge is 0.412 e. The Morgan fingerprint density at radius 3 is 2.24 bits per heavy atom. The molecule has 0 aromatic heterocycles. The van der Waals surface area contributed by atoms with E-state index >= 15 is 0 Å². The second-order valence-corrected chi connectivity index (χ2v) is 7.27. The van der Waals surface area contributed by atoms with E-state index < -0.39 is 23.7 Å². The summed E-state index contributed by atoms with van der Waals surface area (Å²) >= 11 is 0. The number of carbonyl (C=O) groups is 4. The number of rotatable bonds is 8. The Hall–Kier alpha value is -4.14. The summed E-state index contributed by atoms with van der Waals surface area (Å²) in [4.78, 5) is 46.9. The number of alkyl carbamates (subject to hydrolysis) is 1. The Morgan fingerprint density at radius 1 is 1.00 bits per heavy atom. The van der Waals surface area contributed by atoms with Crippen LogP contribution >= 0.6 is 0 Å². The summed E-state index contributed by atoms with van der Waals surface area (Å²) in [6.45, 7) is 5.91. The number of benzene rings is 2. The topological polar surface area (TPSA) is 131 Å². The molecule has 174 valence electrons. The fourth-order valence-electron chi connectivity index (χ4n) is 3.09. The lowest BCUT2D eigenvalue weighted by Gasteiger charge is -2.18. The van der Waals surface area contributed by atoms with Crippen LogP contribution in [0.25, 0.3) is 6.08 Å². The summed E-state index contributed by atoms with van der Waals surface area (Å²) in [6.07, 6.45) is 0.319. The van der Waals surface area contributed by atoms with E-state index in [1.54, 1.807) is 44.2 Å². The average Bonchev–Trinajstić information content (AvgIpc) is 2.74. The number of carboxylic acid groups (broad SMARTS) is 1. The maximum absolute atomic E-state index is 12.2. The molecule has 0 unspecified atom stereocenters. The molecule has 9 heteroatoms. The number of ether oxygens (including phenoxy) is 2. The first-order valence-corrected chi connectivity index (χ1v) is 10.0. The number of hydrogen-bond donors (Lipinski definition) is 3. The zero-order chi connectivity index (χ0) is 24.5. The van der Waals surface area contributed by atoms with Crippen LogP contribution in [0.15, 0.2) is 42.1 Å². The molecule has 0 saturated carbocycles. The van der Waals surface area contributed by atoms with Crippen LogP contribution < -0.4 is 10.6 Å². The molecule has 0 bridgehead atoms. The maximum atomic E-state index is 12.2. The van der Waals surface area contributed by atoms with Gasteiger partial charge in [-0.25, -0.2) is 9.59 Å². The summed E-state index contributed by atoms with van der Waals surface area (Å²) in [7, 11) is 0. The largest absolute Gasteiger partial charge is 0.477 e. The summed E-state index contributed by atoms with van der Waals surface area (Å²) in [5, 5.41) is 14.6. The van der Waals surface area contributed by atoms with Gasteiger partial charge in [0.15, 0.2) is 0 Å². The third-order valence-corrected chi connectivity index (χ3v) is 4.64. The van der Waals surface area contributed by atoms with E-state index in [9.17, 15) is 24.3 Å². The number of carbonyl (C=O) groups excluding carboxylic acids is 3. The highest BCUT2D eigenvalue weighted by molar-refractivity contribution is 5.96. The van der Waals surface area contributed by atoms with E-state index in [-0.39, 0.29) is 19.1 Å². The summed E-state index contributed by atoms with van der Waals surface area (Å²) in [5.74, 6) is -2.18. The Labute approximate surface area is 191 Å². The minimum absolute atomic E-state index is 0.0269. The number of aliphatic carboxylic acids is 1. The molecule has 0 saturated heterocycles. The van der Waals surface area contributed by atoms with Crippen molar-refractivity contribution >= 4 is 35.7 Å². The van der Waals surface area contributed by atoms with Gasteiger partial charge in [-0.3, -0.25) is 14.9 Å². The number of amides is 2. The number of anilines is 1. The molecule has 0 aliphatic heterocycles. The molecule has 0 fully saturated rings. The Kier molecular flexibility index (Phi) is 8.73. The van der Waals surface area contributed by atoms with E-state index in [1.807, 2.05) is 6.07 Å². The molecule has 2 aromatic carbocycles. The molecule has 0 radical (unpaired) electrons. The number of nitrogens with one attached hydrogen (secondary N) is 2. The van der Waals surface area contributed by atoms with Gasteiger partial charge in [-0.05, 0) is 48.2 Å². The van der Waals surface area contributed by atoms with Crippen molar-refractivity contribution in [2.24, 2.45) is 0 Å². The normalized spacial score (nSPS) is 10.8. The lowest BCUT2D eigenvalue weighted by atomic mass is 9.96. The van der Waals surface area contributed by atoms with Crippen molar-refractivity contribution in [3.05, 3.63) is 69.9 Å². The summed E-state index contributed by atoms with van der Waals surface area (Å²) in [5.41, 5.74) is 3.01. The zero-order valence-electron chi connectivity index (χ0n) is 18.9. The number of aryl methyl sites for hydroxylation is 1. The van der Waals surface area contributed by atoms with Gasteiger partial charge in [0, 0.05) is 25.1 Å². The van der Waals surface area contributed by atoms with Gasteiger partial charge in [0.25, 0.3) is 0 Å². The first-order valence-electron chi connectivity index (χ1n) is 10.0. The number of carboxylic acids is 1. The van der Waals surface area contributed by atoms with Crippen molar-refractivity contribution in [3.63, 3.8) is 0 Å². The number of esters is 1. The highest BCUT2D eigenvalue weighted by Crippen LogP contribution is 2.29. The highest BCUT2D eigenvalue weighted by atomic mass is 16.5. The zero-order valence-corrected chi connectivity index (χ0v) is 18.9. The lowest BCUT2D eigenvalue weighted by Crippen LogP contribution is -2.28. The standard InChI is InChI=1S/C24H26N2O7/c1-14-10-19(20(13-32-17(4)28)15(2)22(14)25-16(3)27)11-21(23(29)30)26-24(31)33-12-18-8-6-5-7-9-18/h5-11H,12-13H2,1-4H3,(H,25,27)(H,26,31)(H,29,30). The predicted molar refractivity (Wildman–Crippen MR) is 121 cm³/mol. The van der Waals surface area contributed by atoms with Crippen molar-refractivity contribution in [2.45, 2.75) is 40.9 Å². The van der Waals surface area contributed by atoms with Gasteiger partial charge in [-0.2, -0.15) is 0 Å². The highest BCUT2D eigenvalue weighted by Gasteiger charge is 2.18. The van der Waals surface area contributed by atoms with Gasteiger partial charge < -0.3 is 19.9 Å². The van der Waals surface area contributed by atoms with E-state index in [4.69, 9.17) is 9.47 Å². The second-order valence-electron chi connectivity index (χ2n) is 7.27. The van der Waals surface area contributed by atoms with Crippen LogP contribution in [0.4, 0.5) is 10.5 Å². The van der Waals surface area contributed by atoms with Crippen LogP contribution in [0, 0.1) is 13.8 Å². The predicted octanol–water partition coefficient (Wildman–Crippen LogP) is 3.68. The second kappa shape index (κ2) is 11.5. The van der Waals surface area contributed by atoms with Gasteiger partial charge in [0.05, 0.1) is 0 Å². The van der Waals surface area contributed by atoms with Crippen LogP contribution in [0.3, 0.4) is 0 Å². The Bertz CT molecular complexity index is 1090. The fraction of sp³-hybridized carbons (Fsp3) is 0.250. The SMILES string of the molecule is CC(=O)Nc1c(C)cc(C=C(NC(=O)OCc2ccccc2)C(=O)O)c(COC(C)=O)c1C. The van der Waals surface area contributed by atoms with Crippen molar-refractivity contribution in [3.8, 4) is 0 Å². The summed E-state index contributed by atoms with van der Waals surface area (Å²) in [6, 6.07) is 10.6. The van der Waals surface area contributed by atoms with Crippen LogP contribution in [0.5, 0.6) is 0 Å². The molecule has 0 aliphatic carbocycles. The van der Waals surface area contributed by atoms with Crippen molar-refractivity contribution < 1.29 is 33.8 Å². The van der Waals surface area contributed by atoms with Gasteiger partial charge >= 0.3 is 18.0 Å². The molecule has 2 rings (SSSR count). The molecule has 0 spiro atoms. The first kappa shape index (κ1) is 25.1. The number of hydrogen-bond acceptors (Lipinski definition) is 6. The molecule has 0 atom stereocenters. The van der Waals surface area contributed by atoms with Crippen LogP contribution in [-0.2, 0) is 37.1 Å². The fourth-order valence-corrected chi connectivity index (χ4v) is 3.09. The van der Waals surface area contributed by atoms with Crippen molar-refractivity contribution in [2.75, 3.05) is 5.32 Å². The molecule has 9 nitrogen and oxygen atoms in total. The first-order chi connectivity index (χ1) is 15.6. The molecule has 0 heterocycles. The van der Waals surface area contributed by atoms with Gasteiger partial charge in [-0.1, -0.05) is 30.3 Å². The molecule has 3 N–H and O–H groups in total. The average molecular weight is 454 g/mol.